The summed E-state index contributed by atoms with van der Waals surface area (Å²) in [4.78, 5) is 9.57. The highest BCUT2D eigenvalue weighted by Crippen LogP contribution is 2.49. The molecule has 2 aliphatic rings. The van der Waals surface area contributed by atoms with E-state index in [0.29, 0.717) is 0 Å². The van der Waals surface area contributed by atoms with Crippen LogP contribution >= 0.6 is 0 Å². The highest BCUT2D eigenvalue weighted by molar-refractivity contribution is 6.15. The van der Waals surface area contributed by atoms with Gasteiger partial charge in [0, 0.05) is 17.0 Å². The van der Waals surface area contributed by atoms with Gasteiger partial charge >= 0.3 is 0 Å². The van der Waals surface area contributed by atoms with Crippen LogP contribution in [-0.4, -0.2) is 14.4 Å². The predicted octanol–water partition coefficient (Wildman–Crippen LogP) is 7.33. The number of nitrogens with zero attached hydrogens (tertiary/aromatic N) is 3. The summed E-state index contributed by atoms with van der Waals surface area (Å²) in [5.74, 6) is 0. The largest absolute Gasteiger partial charge is 0.290 e. The molecule has 0 amide bonds. The summed E-state index contributed by atoms with van der Waals surface area (Å²) in [7, 11) is 0. The van der Waals surface area contributed by atoms with Gasteiger partial charge in [-0.25, -0.2) is 4.98 Å². The van der Waals surface area contributed by atoms with E-state index < -0.39 is 0 Å². The molecule has 3 aromatic heterocycles. The highest BCUT2D eigenvalue weighted by Gasteiger charge is 2.29. The Labute approximate surface area is 201 Å². The van der Waals surface area contributed by atoms with Crippen molar-refractivity contribution in [1.82, 2.24) is 14.4 Å². The van der Waals surface area contributed by atoms with E-state index in [1.54, 1.807) is 0 Å². The Balaban J connectivity index is 1.41. The second kappa shape index (κ2) is 6.13. The Kier molecular flexibility index (Phi) is 3.14. The van der Waals surface area contributed by atoms with E-state index >= 15 is 0 Å². The lowest BCUT2D eigenvalue weighted by atomic mass is 9.95. The summed E-state index contributed by atoms with van der Waals surface area (Å²) in [5.41, 5.74) is 15.6. The van der Waals surface area contributed by atoms with Crippen LogP contribution in [0.4, 0.5) is 0 Å². The third-order valence-electron chi connectivity index (χ3n) is 8.10. The van der Waals surface area contributed by atoms with Gasteiger partial charge in [0.1, 0.15) is 5.65 Å². The number of pyridine rings is 2. The van der Waals surface area contributed by atoms with Crippen molar-refractivity contribution in [3.8, 4) is 22.3 Å². The average molecular weight is 446 g/mol. The molecule has 0 saturated heterocycles. The molecule has 0 bridgehead atoms. The van der Waals surface area contributed by atoms with E-state index in [9.17, 15) is 0 Å². The van der Waals surface area contributed by atoms with Crippen molar-refractivity contribution in [3.05, 3.63) is 114 Å². The van der Waals surface area contributed by atoms with Gasteiger partial charge in [-0.15, -0.1) is 0 Å². The van der Waals surface area contributed by atoms with Gasteiger partial charge in [0.25, 0.3) is 0 Å². The van der Waals surface area contributed by atoms with Crippen LogP contribution in [0, 0.1) is 0 Å². The van der Waals surface area contributed by atoms with Gasteiger partial charge in [0.05, 0.1) is 22.7 Å². The van der Waals surface area contributed by atoms with Gasteiger partial charge in [0.2, 0.25) is 0 Å². The van der Waals surface area contributed by atoms with Gasteiger partial charge < -0.3 is 0 Å². The maximum absolute atomic E-state index is 5.10. The standard InChI is InChI=1S/C32H19N3/c1-2-6-21-18(5-1)13-19-9-10-22-24-16-27-25(14-20(24)15-26(22)31(19)21)23-11-12-33-17-30(23)35-29-8-4-3-7-28(29)34-32(27)35/h1-12,14,16-17H,13,15H2. The molecule has 7 aromatic rings. The molecule has 2 aliphatic carbocycles. The molecule has 3 heteroatoms. The van der Waals surface area contributed by atoms with E-state index in [2.05, 4.69) is 88.2 Å². The number of rotatable bonds is 0. The van der Waals surface area contributed by atoms with Crippen LogP contribution < -0.4 is 0 Å². The third-order valence-corrected chi connectivity index (χ3v) is 8.10. The lowest BCUT2D eigenvalue weighted by molar-refractivity contribution is 1.23. The number of hydrogen-bond donors (Lipinski definition) is 0. The van der Waals surface area contributed by atoms with Crippen molar-refractivity contribution < 1.29 is 0 Å². The lowest BCUT2D eigenvalue weighted by Crippen LogP contribution is -1.93. The van der Waals surface area contributed by atoms with Gasteiger partial charge in [-0.3, -0.25) is 9.38 Å². The van der Waals surface area contributed by atoms with Gasteiger partial charge in [-0.1, -0.05) is 48.5 Å². The molecule has 0 fully saturated rings. The normalized spacial score (nSPS) is 13.5. The first-order valence-electron chi connectivity index (χ1n) is 12.2. The molecule has 0 aliphatic heterocycles. The number of imidazole rings is 1. The van der Waals surface area contributed by atoms with Gasteiger partial charge in [-0.2, -0.15) is 0 Å². The van der Waals surface area contributed by atoms with Gasteiger partial charge in [0.15, 0.2) is 0 Å². The van der Waals surface area contributed by atoms with Crippen LogP contribution in [0.1, 0.15) is 22.3 Å². The summed E-state index contributed by atoms with van der Waals surface area (Å²) < 4.78 is 2.28. The molecule has 0 spiro atoms. The molecule has 0 unspecified atom stereocenters. The summed E-state index contributed by atoms with van der Waals surface area (Å²) in [6.45, 7) is 0. The monoisotopic (exact) mass is 445 g/mol. The predicted molar refractivity (Wildman–Crippen MR) is 142 cm³/mol. The van der Waals surface area contributed by atoms with Crippen molar-refractivity contribution in [3.63, 3.8) is 0 Å². The Hall–Kier alpha value is -4.50. The smallest absolute Gasteiger partial charge is 0.146 e. The first-order valence-corrected chi connectivity index (χ1v) is 12.2. The van der Waals surface area contributed by atoms with Crippen LogP contribution in [0.3, 0.4) is 0 Å². The molecule has 3 heterocycles. The molecule has 4 aromatic carbocycles. The fourth-order valence-electron chi connectivity index (χ4n) is 6.62. The first-order chi connectivity index (χ1) is 17.3. The Morgan fingerprint density at radius 3 is 2.54 bits per heavy atom. The number of hydrogen-bond acceptors (Lipinski definition) is 2. The molecule has 0 atom stereocenters. The Morgan fingerprint density at radius 2 is 1.54 bits per heavy atom. The van der Waals surface area contributed by atoms with Crippen LogP contribution in [0.5, 0.6) is 0 Å². The summed E-state index contributed by atoms with van der Waals surface area (Å²) in [5, 5.41) is 3.68. The van der Waals surface area contributed by atoms with Crippen molar-refractivity contribution in [2.24, 2.45) is 0 Å². The Bertz CT molecular complexity index is 2060. The van der Waals surface area contributed by atoms with E-state index in [4.69, 9.17) is 4.98 Å². The average Bonchev–Trinajstić information content (AvgIpc) is 3.58. The topological polar surface area (TPSA) is 30.2 Å². The third kappa shape index (κ3) is 2.17. The quantitative estimate of drug-likeness (QED) is 0.229. The number of fused-ring (bicyclic) bond motifs is 15. The maximum Gasteiger partial charge on any atom is 0.146 e. The minimum atomic E-state index is 0.978. The fraction of sp³-hybridized carbons (Fsp3) is 0.0625. The molecule has 0 saturated carbocycles. The summed E-state index contributed by atoms with van der Waals surface area (Å²) in [6, 6.07) is 28.9. The van der Waals surface area contributed by atoms with Crippen molar-refractivity contribution in [2.75, 3.05) is 0 Å². The molecule has 0 N–H and O–H groups in total. The molecule has 35 heavy (non-hydrogen) atoms. The van der Waals surface area contributed by atoms with Crippen LogP contribution in [0.2, 0.25) is 0 Å². The van der Waals surface area contributed by atoms with E-state index in [1.165, 1.54) is 60.7 Å². The van der Waals surface area contributed by atoms with E-state index in [-0.39, 0.29) is 0 Å². The second-order valence-electron chi connectivity index (χ2n) is 9.84. The van der Waals surface area contributed by atoms with Crippen molar-refractivity contribution in [2.45, 2.75) is 12.8 Å². The van der Waals surface area contributed by atoms with Crippen LogP contribution in [0.25, 0.3) is 60.6 Å². The number of benzene rings is 4. The second-order valence-corrected chi connectivity index (χ2v) is 9.84. The molecule has 162 valence electrons. The van der Waals surface area contributed by atoms with Crippen LogP contribution in [-0.2, 0) is 12.8 Å². The van der Waals surface area contributed by atoms with E-state index in [0.717, 1.165) is 35.0 Å². The zero-order chi connectivity index (χ0) is 22.7. The zero-order valence-corrected chi connectivity index (χ0v) is 18.9. The SMILES string of the molecule is c1ccc2c(c1)Cc1ccc3c(c1-2)Cc1cc2c4ccncc4n4c5ccccc5nc4c2cc1-3. The zero-order valence-electron chi connectivity index (χ0n) is 18.9. The number of para-hydroxylation sites is 2. The Morgan fingerprint density at radius 1 is 0.629 bits per heavy atom. The van der Waals surface area contributed by atoms with Crippen molar-refractivity contribution >= 4 is 38.4 Å². The highest BCUT2D eigenvalue weighted by atomic mass is 15.0. The fourth-order valence-corrected chi connectivity index (χ4v) is 6.62. The molecule has 9 rings (SSSR count). The molecule has 3 nitrogen and oxygen atoms in total. The maximum atomic E-state index is 5.10. The first kappa shape index (κ1) is 17.9. The van der Waals surface area contributed by atoms with Gasteiger partial charge in [-0.05, 0) is 93.1 Å². The number of aromatic nitrogens is 3. The minimum Gasteiger partial charge on any atom is -0.290 e. The van der Waals surface area contributed by atoms with Crippen LogP contribution in [0.15, 0.2) is 91.3 Å². The minimum absolute atomic E-state index is 0.978. The lowest BCUT2D eigenvalue weighted by Gasteiger charge is -2.11. The summed E-state index contributed by atoms with van der Waals surface area (Å²) in [6.07, 6.45) is 5.89. The van der Waals surface area contributed by atoms with E-state index in [1.807, 2.05) is 12.4 Å². The van der Waals surface area contributed by atoms with Crippen molar-refractivity contribution in [1.29, 1.82) is 0 Å². The molecular weight excluding hydrogens is 426 g/mol. The molecular formula is C32H19N3. The molecule has 0 radical (unpaired) electrons. The summed E-state index contributed by atoms with van der Waals surface area (Å²) >= 11 is 0.